The van der Waals surface area contributed by atoms with E-state index in [0.29, 0.717) is 11.8 Å². The van der Waals surface area contributed by atoms with Gasteiger partial charge in [0, 0.05) is 11.9 Å². The second-order valence-corrected chi connectivity index (χ2v) is 5.83. The van der Waals surface area contributed by atoms with Crippen LogP contribution in [0.15, 0.2) is 66.9 Å². The van der Waals surface area contributed by atoms with Crippen LogP contribution in [-0.2, 0) is 0 Å². The number of primary amides is 1. The Bertz CT molecular complexity index is 868. The number of nitrogens with one attached hydrogen (secondary N) is 2. The van der Waals surface area contributed by atoms with Crippen molar-refractivity contribution in [1.29, 1.82) is 0 Å². The van der Waals surface area contributed by atoms with Crippen LogP contribution in [0.5, 0.6) is 0 Å². The maximum atomic E-state index is 11.7. The van der Waals surface area contributed by atoms with Crippen molar-refractivity contribution in [2.24, 2.45) is 5.73 Å². The average molecular weight is 347 g/mol. The number of carbonyl (C=O) groups is 1. The SMILES string of the molecule is CCC(Nc1ncc(C(N)=O)c(Nc2ccccc2)n1)c1ccccc1. The van der Waals surface area contributed by atoms with Crippen molar-refractivity contribution in [3.05, 3.63) is 78.0 Å². The first-order chi connectivity index (χ1) is 12.7. The van der Waals surface area contributed by atoms with Gasteiger partial charge in [-0.15, -0.1) is 0 Å². The maximum absolute atomic E-state index is 11.7. The lowest BCUT2D eigenvalue weighted by molar-refractivity contribution is 0.100. The molecule has 1 heterocycles. The number of rotatable bonds is 7. The van der Waals surface area contributed by atoms with Gasteiger partial charge in [-0.25, -0.2) is 4.98 Å². The number of nitrogens with zero attached hydrogens (tertiary/aromatic N) is 2. The lowest BCUT2D eigenvalue weighted by atomic mass is 10.1. The molecule has 2 aromatic carbocycles. The summed E-state index contributed by atoms with van der Waals surface area (Å²) < 4.78 is 0. The third kappa shape index (κ3) is 4.16. The van der Waals surface area contributed by atoms with Crippen LogP contribution in [0.4, 0.5) is 17.5 Å². The lowest BCUT2D eigenvalue weighted by Crippen LogP contribution is -2.17. The summed E-state index contributed by atoms with van der Waals surface area (Å²) >= 11 is 0. The van der Waals surface area contributed by atoms with Gasteiger partial charge in [0.05, 0.1) is 6.04 Å². The molecule has 1 atom stereocenters. The number of para-hydroxylation sites is 1. The molecule has 1 unspecified atom stereocenters. The van der Waals surface area contributed by atoms with Gasteiger partial charge in [-0.2, -0.15) is 4.98 Å². The van der Waals surface area contributed by atoms with Crippen LogP contribution in [0.2, 0.25) is 0 Å². The Kier molecular flexibility index (Phi) is 5.43. The molecule has 0 bridgehead atoms. The summed E-state index contributed by atoms with van der Waals surface area (Å²) in [5.74, 6) is 0.235. The molecule has 6 nitrogen and oxygen atoms in total. The van der Waals surface area contributed by atoms with Gasteiger partial charge >= 0.3 is 0 Å². The first-order valence-electron chi connectivity index (χ1n) is 8.47. The molecular weight excluding hydrogens is 326 g/mol. The summed E-state index contributed by atoms with van der Waals surface area (Å²) in [6, 6.07) is 19.7. The molecule has 0 saturated carbocycles. The molecule has 0 saturated heterocycles. The number of aromatic nitrogens is 2. The fourth-order valence-electron chi connectivity index (χ4n) is 2.65. The zero-order valence-electron chi connectivity index (χ0n) is 14.5. The van der Waals surface area contributed by atoms with Crippen molar-refractivity contribution in [2.75, 3.05) is 10.6 Å². The second kappa shape index (κ2) is 8.11. The van der Waals surface area contributed by atoms with E-state index in [2.05, 4.69) is 39.7 Å². The van der Waals surface area contributed by atoms with Gasteiger partial charge in [-0.05, 0) is 24.1 Å². The van der Waals surface area contributed by atoms with Gasteiger partial charge in [0.15, 0.2) is 0 Å². The van der Waals surface area contributed by atoms with E-state index in [1.54, 1.807) is 0 Å². The normalized spacial score (nSPS) is 11.6. The monoisotopic (exact) mass is 347 g/mol. The van der Waals surface area contributed by atoms with Gasteiger partial charge in [-0.1, -0.05) is 55.5 Å². The molecule has 0 radical (unpaired) electrons. The van der Waals surface area contributed by atoms with Crippen LogP contribution in [-0.4, -0.2) is 15.9 Å². The Hall–Kier alpha value is -3.41. The van der Waals surface area contributed by atoms with Gasteiger partial charge in [0.2, 0.25) is 5.95 Å². The Labute approximate surface area is 152 Å². The molecule has 4 N–H and O–H groups in total. The second-order valence-electron chi connectivity index (χ2n) is 5.83. The summed E-state index contributed by atoms with van der Waals surface area (Å²) in [4.78, 5) is 20.4. The number of benzene rings is 2. The Balaban J connectivity index is 1.88. The van der Waals surface area contributed by atoms with Crippen molar-refractivity contribution in [3.63, 3.8) is 0 Å². The molecule has 132 valence electrons. The molecule has 0 fully saturated rings. The minimum atomic E-state index is -0.579. The number of nitrogens with two attached hydrogens (primary N) is 1. The van der Waals surface area contributed by atoms with Crippen molar-refractivity contribution in [2.45, 2.75) is 19.4 Å². The first-order valence-corrected chi connectivity index (χ1v) is 8.47. The summed E-state index contributed by atoms with van der Waals surface area (Å²) in [5, 5.41) is 6.46. The zero-order valence-corrected chi connectivity index (χ0v) is 14.5. The third-order valence-corrected chi connectivity index (χ3v) is 4.00. The Morgan fingerprint density at radius 2 is 1.73 bits per heavy atom. The largest absolute Gasteiger partial charge is 0.365 e. The number of carbonyl (C=O) groups excluding carboxylic acids is 1. The third-order valence-electron chi connectivity index (χ3n) is 4.00. The van der Waals surface area contributed by atoms with E-state index in [0.717, 1.165) is 17.7 Å². The quantitative estimate of drug-likeness (QED) is 0.603. The molecule has 1 amide bonds. The van der Waals surface area contributed by atoms with Crippen LogP contribution in [0, 0.1) is 0 Å². The molecular formula is C20H21N5O. The highest BCUT2D eigenvalue weighted by Gasteiger charge is 2.15. The molecule has 0 spiro atoms. The first kappa shape index (κ1) is 17.4. The minimum Gasteiger partial charge on any atom is -0.365 e. The van der Waals surface area contributed by atoms with Crippen LogP contribution < -0.4 is 16.4 Å². The molecule has 26 heavy (non-hydrogen) atoms. The number of hydrogen-bond acceptors (Lipinski definition) is 5. The minimum absolute atomic E-state index is 0.0696. The molecule has 0 aliphatic carbocycles. The standard InChI is InChI=1S/C20H21N5O/c1-2-17(14-9-5-3-6-10-14)24-20-22-13-16(18(21)26)19(25-20)23-15-11-7-4-8-12-15/h3-13,17H,2H2,1H3,(H2,21,26)(H2,22,23,24,25). The lowest BCUT2D eigenvalue weighted by Gasteiger charge is -2.18. The predicted molar refractivity (Wildman–Crippen MR) is 103 cm³/mol. The van der Waals surface area contributed by atoms with E-state index in [4.69, 9.17) is 5.73 Å². The van der Waals surface area contributed by atoms with Crippen LogP contribution >= 0.6 is 0 Å². The van der Waals surface area contributed by atoms with Crippen LogP contribution in [0.1, 0.15) is 35.3 Å². The Morgan fingerprint density at radius 1 is 1.08 bits per heavy atom. The molecule has 1 aromatic heterocycles. The van der Waals surface area contributed by atoms with Crippen molar-refractivity contribution >= 4 is 23.4 Å². The van der Waals surface area contributed by atoms with E-state index in [-0.39, 0.29) is 11.6 Å². The van der Waals surface area contributed by atoms with E-state index in [9.17, 15) is 4.79 Å². The van der Waals surface area contributed by atoms with Crippen LogP contribution in [0.25, 0.3) is 0 Å². The Morgan fingerprint density at radius 3 is 2.35 bits per heavy atom. The van der Waals surface area contributed by atoms with E-state index in [1.165, 1.54) is 6.20 Å². The number of amides is 1. The number of hydrogen-bond donors (Lipinski definition) is 3. The van der Waals surface area contributed by atoms with E-state index >= 15 is 0 Å². The topological polar surface area (TPSA) is 92.9 Å². The summed E-state index contributed by atoms with van der Waals surface area (Å²) in [6.07, 6.45) is 2.31. The summed E-state index contributed by atoms with van der Waals surface area (Å²) in [7, 11) is 0. The maximum Gasteiger partial charge on any atom is 0.254 e. The van der Waals surface area contributed by atoms with E-state index < -0.39 is 5.91 Å². The predicted octanol–water partition coefficient (Wildman–Crippen LogP) is 3.88. The highest BCUT2D eigenvalue weighted by atomic mass is 16.1. The fourth-order valence-corrected chi connectivity index (χ4v) is 2.65. The van der Waals surface area contributed by atoms with Gasteiger partial charge in [-0.3, -0.25) is 4.79 Å². The highest BCUT2D eigenvalue weighted by molar-refractivity contribution is 5.98. The highest BCUT2D eigenvalue weighted by Crippen LogP contribution is 2.23. The molecule has 0 aliphatic rings. The number of anilines is 3. The van der Waals surface area contributed by atoms with Gasteiger partial charge in [0.25, 0.3) is 5.91 Å². The molecule has 3 rings (SSSR count). The van der Waals surface area contributed by atoms with Crippen molar-refractivity contribution in [1.82, 2.24) is 9.97 Å². The van der Waals surface area contributed by atoms with Gasteiger partial charge < -0.3 is 16.4 Å². The fraction of sp³-hybridized carbons (Fsp3) is 0.150. The smallest absolute Gasteiger partial charge is 0.254 e. The van der Waals surface area contributed by atoms with Gasteiger partial charge in [0.1, 0.15) is 11.4 Å². The molecule has 0 aliphatic heterocycles. The molecule has 6 heteroatoms. The molecule has 3 aromatic rings. The van der Waals surface area contributed by atoms with Crippen molar-refractivity contribution < 1.29 is 4.79 Å². The average Bonchev–Trinajstić information content (AvgIpc) is 2.67. The van der Waals surface area contributed by atoms with Crippen molar-refractivity contribution in [3.8, 4) is 0 Å². The van der Waals surface area contributed by atoms with E-state index in [1.807, 2.05) is 48.5 Å². The van der Waals surface area contributed by atoms with Crippen LogP contribution in [0.3, 0.4) is 0 Å². The summed E-state index contributed by atoms with van der Waals surface area (Å²) in [5.41, 5.74) is 7.66. The zero-order chi connectivity index (χ0) is 18.4. The summed E-state index contributed by atoms with van der Waals surface area (Å²) in [6.45, 7) is 2.09.